The molecule has 0 atom stereocenters. The van der Waals surface area contributed by atoms with Crippen LogP contribution in [0.4, 0.5) is 0 Å². The minimum atomic E-state index is -0.106. The average Bonchev–Trinajstić information content (AvgIpc) is 2.61. The molecule has 5 heteroatoms. The van der Waals surface area contributed by atoms with Gasteiger partial charge in [0.15, 0.2) is 0 Å². The molecule has 0 heterocycles. The Morgan fingerprint density at radius 3 is 0.889 bits per heavy atom. The second-order valence-electron chi connectivity index (χ2n) is 10.6. The number of rotatable bonds is 0. The molecule has 152 valence electrons. The van der Waals surface area contributed by atoms with E-state index in [9.17, 15) is 0 Å². The van der Waals surface area contributed by atoms with Gasteiger partial charge in [0.25, 0.3) is 0 Å². The third-order valence-electron chi connectivity index (χ3n) is 8.49. The maximum atomic E-state index is 7.30. The molecule has 0 radical (unpaired) electrons. The standard InChI is InChI=1S/2C11H15N.2ClH.Pd/c2*1-12-11-5-8-2-9(6-11)4-10(3-8)7-11;;;/h2*8-10H,2-7H2;2*1H;/q;;;;+2/p-2. The molecule has 27 heavy (non-hydrogen) atoms. The first-order chi connectivity index (χ1) is 13.0. The molecule has 0 spiro atoms. The fraction of sp³-hybridized carbons (Fsp3) is 0.909. The summed E-state index contributed by atoms with van der Waals surface area (Å²) in [6.07, 6.45) is 16.2. The van der Waals surface area contributed by atoms with Gasteiger partial charge in [-0.05, 0) is 74.0 Å². The first-order valence-electron chi connectivity index (χ1n) is 10.6. The molecule has 8 saturated carbocycles. The fourth-order valence-electron chi connectivity index (χ4n) is 8.40. The third-order valence-corrected chi connectivity index (χ3v) is 8.49. The second kappa shape index (κ2) is 8.16. The first kappa shape index (κ1) is 20.5. The summed E-state index contributed by atoms with van der Waals surface area (Å²) in [4.78, 5) is 7.86. The summed E-state index contributed by atoms with van der Waals surface area (Å²) in [5.41, 5.74) is 0.267. The molecular weight excluding hydrogens is 470 g/mol. The monoisotopic (exact) mass is 498 g/mol. The Balaban J connectivity index is 0.000000117. The molecule has 8 fully saturated rings. The number of hydrogen-bond acceptors (Lipinski definition) is 0. The Hall–Kier alpha value is 0.222. The van der Waals surface area contributed by atoms with Crippen molar-refractivity contribution >= 4 is 19.1 Å². The van der Waals surface area contributed by atoms with Crippen molar-refractivity contribution in [2.75, 3.05) is 0 Å². The summed E-state index contributed by atoms with van der Waals surface area (Å²) >= 11 is -0.106. The predicted octanol–water partition coefficient (Wildman–Crippen LogP) is 7.13. The van der Waals surface area contributed by atoms with Crippen LogP contribution >= 0.6 is 19.1 Å². The molecular formula is C22H30Cl2N2Pd. The van der Waals surface area contributed by atoms with Crippen molar-refractivity contribution < 1.29 is 15.9 Å². The quantitative estimate of drug-likeness (QED) is 0.248. The maximum absolute atomic E-state index is 7.30. The normalized spacial score (nSPS) is 50.1. The zero-order valence-corrected chi connectivity index (χ0v) is 19.0. The van der Waals surface area contributed by atoms with E-state index < -0.39 is 0 Å². The van der Waals surface area contributed by atoms with Crippen molar-refractivity contribution in [2.24, 2.45) is 35.5 Å². The summed E-state index contributed by atoms with van der Waals surface area (Å²) in [6, 6.07) is 0. The van der Waals surface area contributed by atoms with E-state index in [4.69, 9.17) is 32.2 Å². The molecule has 8 rings (SSSR count). The van der Waals surface area contributed by atoms with Crippen LogP contribution in [0.1, 0.15) is 77.0 Å². The van der Waals surface area contributed by atoms with Gasteiger partial charge in [0.2, 0.25) is 11.1 Å². The van der Waals surface area contributed by atoms with E-state index in [-0.39, 0.29) is 27.0 Å². The van der Waals surface area contributed by atoms with Crippen LogP contribution in [0.2, 0.25) is 0 Å². The van der Waals surface area contributed by atoms with Crippen molar-refractivity contribution in [1.29, 1.82) is 0 Å². The number of halogens is 2. The molecule has 0 saturated heterocycles. The summed E-state index contributed by atoms with van der Waals surface area (Å²) in [6.45, 7) is 14.6. The molecule has 2 nitrogen and oxygen atoms in total. The fourth-order valence-corrected chi connectivity index (χ4v) is 8.40. The molecule has 0 aromatic heterocycles. The van der Waals surface area contributed by atoms with Crippen molar-refractivity contribution in [3.63, 3.8) is 0 Å². The van der Waals surface area contributed by atoms with E-state index in [2.05, 4.69) is 9.69 Å². The van der Waals surface area contributed by atoms with E-state index in [1.54, 1.807) is 0 Å². The molecule has 0 amide bonds. The molecule has 0 aliphatic heterocycles. The molecule has 0 aromatic rings. The third kappa shape index (κ3) is 4.24. The van der Waals surface area contributed by atoms with Crippen LogP contribution in [0.3, 0.4) is 0 Å². The Morgan fingerprint density at radius 1 is 0.556 bits per heavy atom. The van der Waals surface area contributed by atoms with E-state index in [0.29, 0.717) is 0 Å². The summed E-state index contributed by atoms with van der Waals surface area (Å²) in [7, 11) is 9.63. The van der Waals surface area contributed by atoms with E-state index in [1.165, 1.54) is 77.0 Å². The van der Waals surface area contributed by atoms with Gasteiger partial charge in [-0.15, -0.1) is 0 Å². The Labute approximate surface area is 180 Å². The first-order valence-corrected chi connectivity index (χ1v) is 14.6. The molecule has 8 aliphatic carbocycles. The van der Waals surface area contributed by atoms with Crippen LogP contribution < -0.4 is 0 Å². The van der Waals surface area contributed by atoms with Crippen LogP contribution in [-0.2, 0) is 15.9 Å². The van der Waals surface area contributed by atoms with Crippen LogP contribution in [0.5, 0.6) is 0 Å². The second-order valence-corrected chi connectivity index (χ2v) is 12.9. The van der Waals surface area contributed by atoms with Gasteiger partial charge in [0.1, 0.15) is 0 Å². The van der Waals surface area contributed by atoms with Gasteiger partial charge in [-0.2, -0.15) is 0 Å². The topological polar surface area (TPSA) is 8.72 Å². The van der Waals surface area contributed by atoms with Gasteiger partial charge in [0, 0.05) is 38.5 Å². The van der Waals surface area contributed by atoms with Gasteiger partial charge < -0.3 is 9.69 Å². The van der Waals surface area contributed by atoms with Crippen molar-refractivity contribution in [3.05, 3.63) is 22.8 Å². The zero-order valence-electron chi connectivity index (χ0n) is 15.9. The molecule has 0 N–H and O–H groups in total. The zero-order chi connectivity index (χ0) is 19.1. The number of hydrogen-bond donors (Lipinski definition) is 0. The molecule has 8 aliphatic rings. The van der Waals surface area contributed by atoms with Gasteiger partial charge in [-0.25, -0.2) is 13.1 Å². The van der Waals surface area contributed by atoms with E-state index in [0.717, 1.165) is 35.5 Å². The SMILES string of the molecule is [C-]#[N+]C12CC3CC(CC(C3)C1)C2.[C-]#[N+]C12CC3CC(CC(C3)C1)C2.[Cl][Pd][Cl]. The Morgan fingerprint density at radius 2 is 0.741 bits per heavy atom. The predicted molar refractivity (Wildman–Crippen MR) is 107 cm³/mol. The van der Waals surface area contributed by atoms with Crippen molar-refractivity contribution in [3.8, 4) is 0 Å². The van der Waals surface area contributed by atoms with Gasteiger partial charge in [-0.3, -0.25) is 0 Å². The molecule has 8 bridgehead atoms. The van der Waals surface area contributed by atoms with Crippen LogP contribution in [0, 0.1) is 48.7 Å². The van der Waals surface area contributed by atoms with E-state index >= 15 is 0 Å². The average molecular weight is 500 g/mol. The Kier molecular flexibility index (Phi) is 6.19. The van der Waals surface area contributed by atoms with Crippen LogP contribution in [0.25, 0.3) is 9.69 Å². The van der Waals surface area contributed by atoms with Gasteiger partial charge >= 0.3 is 35.0 Å². The molecule has 0 aromatic carbocycles. The number of nitrogens with zero attached hydrogens (tertiary/aromatic N) is 2. The summed E-state index contributed by atoms with van der Waals surface area (Å²) < 4.78 is 0. The van der Waals surface area contributed by atoms with Gasteiger partial charge in [-0.1, -0.05) is 0 Å². The summed E-state index contributed by atoms with van der Waals surface area (Å²) in [5, 5.41) is 0. The van der Waals surface area contributed by atoms with Crippen molar-refractivity contribution in [1.82, 2.24) is 0 Å². The van der Waals surface area contributed by atoms with Gasteiger partial charge in [0.05, 0.1) is 0 Å². The Bertz CT molecular complexity index is 511. The van der Waals surface area contributed by atoms with Crippen LogP contribution in [0.15, 0.2) is 0 Å². The van der Waals surface area contributed by atoms with E-state index in [1.807, 2.05) is 0 Å². The summed E-state index contributed by atoms with van der Waals surface area (Å²) in [5.74, 6) is 5.61. The van der Waals surface area contributed by atoms with Crippen molar-refractivity contribution in [2.45, 2.75) is 88.1 Å². The molecule has 0 unspecified atom stereocenters. The minimum absolute atomic E-state index is 0.106. The van der Waals surface area contributed by atoms with Crippen LogP contribution in [-0.4, -0.2) is 11.1 Å².